The molecule has 0 radical (unpaired) electrons. The van der Waals surface area contributed by atoms with Gasteiger partial charge in [-0.1, -0.05) is 13.8 Å². The van der Waals surface area contributed by atoms with Crippen LogP contribution in [0.4, 0.5) is 0 Å². The van der Waals surface area contributed by atoms with Gasteiger partial charge in [0.25, 0.3) is 0 Å². The predicted octanol–water partition coefficient (Wildman–Crippen LogP) is 1.34. The van der Waals surface area contributed by atoms with E-state index in [0.717, 1.165) is 26.2 Å². The summed E-state index contributed by atoms with van der Waals surface area (Å²) in [5.74, 6) is 0. The first-order valence-electron chi connectivity index (χ1n) is 6.12. The molecule has 0 aromatic carbocycles. The molecule has 3 heteroatoms. The lowest BCUT2D eigenvalue weighted by Crippen LogP contribution is -2.46. The van der Waals surface area contributed by atoms with Crippen LogP contribution >= 0.6 is 0 Å². The van der Waals surface area contributed by atoms with Gasteiger partial charge in [0.05, 0.1) is 6.61 Å². The molecule has 1 fully saturated rings. The minimum Gasteiger partial charge on any atom is -0.383 e. The van der Waals surface area contributed by atoms with Gasteiger partial charge < -0.3 is 15.0 Å². The lowest BCUT2D eigenvalue weighted by atomic mass is 9.82. The number of nitrogens with zero attached hydrogens (tertiary/aromatic N) is 1. The number of ether oxygens (including phenoxy) is 1. The minimum absolute atomic E-state index is 0.460. The van der Waals surface area contributed by atoms with Crippen LogP contribution in [-0.2, 0) is 4.74 Å². The fourth-order valence-corrected chi connectivity index (χ4v) is 2.36. The summed E-state index contributed by atoms with van der Waals surface area (Å²) in [5, 5.41) is 3.50. The van der Waals surface area contributed by atoms with Crippen LogP contribution in [-0.4, -0.2) is 51.3 Å². The number of likely N-dealkylation sites (N-methyl/N-ethyl adjacent to an activating group) is 1. The van der Waals surface area contributed by atoms with E-state index in [-0.39, 0.29) is 0 Å². The van der Waals surface area contributed by atoms with Gasteiger partial charge in [-0.3, -0.25) is 0 Å². The topological polar surface area (TPSA) is 24.5 Å². The molecule has 1 saturated heterocycles. The fourth-order valence-electron chi connectivity index (χ4n) is 2.36. The lowest BCUT2D eigenvalue weighted by Gasteiger charge is -2.38. The molecule has 0 aromatic rings. The highest BCUT2D eigenvalue weighted by Gasteiger charge is 2.28. The van der Waals surface area contributed by atoms with Gasteiger partial charge in [-0.05, 0) is 31.3 Å². The van der Waals surface area contributed by atoms with E-state index in [1.165, 1.54) is 25.9 Å². The van der Waals surface area contributed by atoms with Crippen LogP contribution in [0, 0.1) is 5.41 Å². The maximum atomic E-state index is 5.14. The zero-order chi connectivity index (χ0) is 11.1. The standard InChI is InChI=1S/C12H26N2O/c1-4-14(8-9-15-3)11-12(2)6-5-7-13-10-12/h13H,4-11H2,1-3H3. The summed E-state index contributed by atoms with van der Waals surface area (Å²) in [7, 11) is 1.78. The minimum atomic E-state index is 0.460. The Hall–Kier alpha value is -0.120. The van der Waals surface area contributed by atoms with Crippen molar-refractivity contribution in [1.29, 1.82) is 0 Å². The van der Waals surface area contributed by atoms with E-state index in [2.05, 4.69) is 24.1 Å². The molecule has 3 nitrogen and oxygen atoms in total. The van der Waals surface area contributed by atoms with Crippen molar-refractivity contribution in [3.63, 3.8) is 0 Å². The summed E-state index contributed by atoms with van der Waals surface area (Å²) in [6, 6.07) is 0. The molecule has 1 N–H and O–H groups in total. The summed E-state index contributed by atoms with van der Waals surface area (Å²) in [6.45, 7) is 11.2. The Morgan fingerprint density at radius 3 is 2.80 bits per heavy atom. The molecule has 0 spiro atoms. The summed E-state index contributed by atoms with van der Waals surface area (Å²) in [4.78, 5) is 2.50. The molecule has 0 aliphatic carbocycles. The van der Waals surface area contributed by atoms with Crippen molar-refractivity contribution in [3.05, 3.63) is 0 Å². The van der Waals surface area contributed by atoms with Gasteiger partial charge in [0, 0.05) is 26.7 Å². The average Bonchev–Trinajstić information content (AvgIpc) is 2.25. The van der Waals surface area contributed by atoms with Gasteiger partial charge >= 0.3 is 0 Å². The van der Waals surface area contributed by atoms with Crippen LogP contribution in [0.2, 0.25) is 0 Å². The predicted molar refractivity (Wildman–Crippen MR) is 64.2 cm³/mol. The number of nitrogens with one attached hydrogen (secondary N) is 1. The Morgan fingerprint density at radius 2 is 2.27 bits per heavy atom. The SMILES string of the molecule is CCN(CCOC)CC1(C)CCCNC1. The molecular formula is C12H26N2O. The maximum Gasteiger partial charge on any atom is 0.0589 e. The normalized spacial score (nSPS) is 27.2. The monoisotopic (exact) mass is 214 g/mol. The van der Waals surface area contributed by atoms with Gasteiger partial charge in [-0.15, -0.1) is 0 Å². The summed E-state index contributed by atoms with van der Waals surface area (Å²) in [5.41, 5.74) is 0.460. The molecule has 15 heavy (non-hydrogen) atoms. The Balaban J connectivity index is 2.34. The second-order valence-electron chi connectivity index (χ2n) is 4.95. The summed E-state index contributed by atoms with van der Waals surface area (Å²) >= 11 is 0. The van der Waals surface area contributed by atoms with Crippen LogP contribution in [0.3, 0.4) is 0 Å². The quantitative estimate of drug-likeness (QED) is 0.722. The van der Waals surface area contributed by atoms with Crippen molar-refractivity contribution < 1.29 is 4.74 Å². The molecule has 1 aliphatic heterocycles. The largest absolute Gasteiger partial charge is 0.383 e. The molecule has 1 rings (SSSR count). The Bertz CT molecular complexity index is 167. The van der Waals surface area contributed by atoms with Crippen molar-refractivity contribution in [3.8, 4) is 0 Å². The highest BCUT2D eigenvalue weighted by atomic mass is 16.5. The molecule has 0 bridgehead atoms. The van der Waals surface area contributed by atoms with Gasteiger partial charge in [0.1, 0.15) is 0 Å². The van der Waals surface area contributed by atoms with E-state index in [4.69, 9.17) is 4.74 Å². The number of hydrogen-bond acceptors (Lipinski definition) is 3. The number of rotatable bonds is 6. The van der Waals surface area contributed by atoms with Crippen LogP contribution in [0.1, 0.15) is 26.7 Å². The number of methoxy groups -OCH3 is 1. The molecule has 0 aromatic heterocycles. The molecule has 1 atom stereocenters. The fraction of sp³-hybridized carbons (Fsp3) is 1.00. The van der Waals surface area contributed by atoms with Crippen molar-refractivity contribution in [1.82, 2.24) is 10.2 Å². The van der Waals surface area contributed by atoms with E-state index < -0.39 is 0 Å². The van der Waals surface area contributed by atoms with Gasteiger partial charge in [0.15, 0.2) is 0 Å². The Labute approximate surface area is 94.2 Å². The number of piperidine rings is 1. The molecular weight excluding hydrogens is 188 g/mol. The van der Waals surface area contributed by atoms with E-state index in [0.29, 0.717) is 5.41 Å². The highest BCUT2D eigenvalue weighted by molar-refractivity contribution is 4.84. The molecule has 0 amide bonds. The first-order chi connectivity index (χ1) is 7.20. The van der Waals surface area contributed by atoms with Gasteiger partial charge in [-0.25, -0.2) is 0 Å². The highest BCUT2D eigenvalue weighted by Crippen LogP contribution is 2.26. The Morgan fingerprint density at radius 1 is 1.47 bits per heavy atom. The molecule has 1 aliphatic rings. The smallest absolute Gasteiger partial charge is 0.0589 e. The third-order valence-corrected chi connectivity index (χ3v) is 3.35. The van der Waals surface area contributed by atoms with Crippen LogP contribution in [0.15, 0.2) is 0 Å². The van der Waals surface area contributed by atoms with E-state index in [9.17, 15) is 0 Å². The second-order valence-corrected chi connectivity index (χ2v) is 4.95. The van der Waals surface area contributed by atoms with E-state index in [1.807, 2.05) is 0 Å². The second kappa shape index (κ2) is 6.46. The molecule has 1 heterocycles. The van der Waals surface area contributed by atoms with Crippen molar-refractivity contribution in [2.24, 2.45) is 5.41 Å². The first kappa shape index (κ1) is 12.9. The summed E-state index contributed by atoms with van der Waals surface area (Å²) in [6.07, 6.45) is 2.67. The van der Waals surface area contributed by atoms with E-state index in [1.54, 1.807) is 7.11 Å². The zero-order valence-corrected chi connectivity index (χ0v) is 10.5. The summed E-state index contributed by atoms with van der Waals surface area (Å²) < 4.78 is 5.14. The molecule has 1 unspecified atom stereocenters. The molecule has 90 valence electrons. The molecule has 0 saturated carbocycles. The van der Waals surface area contributed by atoms with Gasteiger partial charge in [0.2, 0.25) is 0 Å². The van der Waals surface area contributed by atoms with Gasteiger partial charge in [-0.2, -0.15) is 0 Å². The lowest BCUT2D eigenvalue weighted by molar-refractivity contribution is 0.102. The third-order valence-electron chi connectivity index (χ3n) is 3.35. The maximum absolute atomic E-state index is 5.14. The zero-order valence-electron chi connectivity index (χ0n) is 10.5. The van der Waals surface area contributed by atoms with Crippen LogP contribution < -0.4 is 5.32 Å². The first-order valence-corrected chi connectivity index (χ1v) is 6.12. The Kier molecular flexibility index (Phi) is 5.58. The van der Waals surface area contributed by atoms with Crippen LogP contribution in [0.25, 0.3) is 0 Å². The third kappa shape index (κ3) is 4.49. The van der Waals surface area contributed by atoms with Crippen LogP contribution in [0.5, 0.6) is 0 Å². The van der Waals surface area contributed by atoms with Crippen molar-refractivity contribution in [2.75, 3.05) is 46.4 Å². The van der Waals surface area contributed by atoms with Crippen molar-refractivity contribution >= 4 is 0 Å². The van der Waals surface area contributed by atoms with Crippen molar-refractivity contribution in [2.45, 2.75) is 26.7 Å². The number of hydrogen-bond donors (Lipinski definition) is 1. The van der Waals surface area contributed by atoms with E-state index >= 15 is 0 Å². The average molecular weight is 214 g/mol.